The molecule has 0 saturated heterocycles. The van der Waals surface area contributed by atoms with Crippen molar-refractivity contribution < 1.29 is 4.79 Å². The molecule has 0 amide bonds. The summed E-state index contributed by atoms with van der Waals surface area (Å²) in [4.78, 5) is 10.0. The maximum absolute atomic E-state index is 10.0. The largest absolute Gasteiger partial charge is 0.281 e. The first-order chi connectivity index (χ1) is 3.77. The average molecular weight is 197 g/mol. The number of carbonyl (C=O) groups excluding carboxylic acids is 1. The predicted octanol–water partition coefficient (Wildman–Crippen LogP) is 2.09. The smallest absolute Gasteiger partial charge is 0.225 e. The summed E-state index contributed by atoms with van der Waals surface area (Å²) in [6.45, 7) is 0. The van der Waals surface area contributed by atoms with Crippen LogP contribution >= 0.6 is 27.5 Å². The van der Waals surface area contributed by atoms with E-state index in [-0.39, 0.29) is 5.24 Å². The summed E-state index contributed by atoms with van der Waals surface area (Å²) in [5, 5.41) is 0.458. The highest BCUT2D eigenvalue weighted by molar-refractivity contribution is 9.09. The molecule has 0 saturated carbocycles. The maximum atomic E-state index is 10.0. The van der Waals surface area contributed by atoms with Gasteiger partial charge in [0.1, 0.15) is 0 Å². The van der Waals surface area contributed by atoms with Crippen molar-refractivity contribution in [2.24, 2.45) is 0 Å². The fourth-order valence-corrected chi connectivity index (χ4v) is 0.592. The minimum Gasteiger partial charge on any atom is -0.281 e. The van der Waals surface area contributed by atoms with E-state index in [9.17, 15) is 4.79 Å². The Balaban J connectivity index is 3.16. The molecule has 0 aromatic carbocycles. The first-order valence-electron chi connectivity index (χ1n) is 2.16. The van der Waals surface area contributed by atoms with E-state index in [4.69, 9.17) is 11.6 Å². The van der Waals surface area contributed by atoms with Gasteiger partial charge in [-0.1, -0.05) is 28.1 Å². The molecule has 0 aromatic heterocycles. The van der Waals surface area contributed by atoms with E-state index in [2.05, 4.69) is 15.9 Å². The number of allylic oxidation sites excluding steroid dienone is 2. The Labute approximate surface area is 61.8 Å². The van der Waals surface area contributed by atoms with Crippen molar-refractivity contribution in [3.8, 4) is 0 Å². The van der Waals surface area contributed by atoms with Gasteiger partial charge in [0.05, 0.1) is 0 Å². The second-order valence-electron chi connectivity index (χ2n) is 1.18. The molecule has 0 aliphatic carbocycles. The Morgan fingerprint density at radius 3 is 2.62 bits per heavy atom. The van der Waals surface area contributed by atoms with Gasteiger partial charge in [-0.15, -0.1) is 0 Å². The number of carbonyl (C=O) groups is 1. The molecule has 0 fully saturated rings. The Kier molecular flexibility index (Phi) is 5.44. The number of hydrogen-bond acceptors (Lipinski definition) is 1. The van der Waals surface area contributed by atoms with E-state index in [0.717, 1.165) is 5.33 Å². The van der Waals surface area contributed by atoms with Crippen molar-refractivity contribution in [3.05, 3.63) is 12.2 Å². The van der Waals surface area contributed by atoms with E-state index < -0.39 is 0 Å². The van der Waals surface area contributed by atoms with Crippen LogP contribution in [0.4, 0.5) is 0 Å². The molecule has 0 aliphatic rings. The summed E-state index contributed by atoms with van der Waals surface area (Å²) in [6.07, 6.45) is 3.89. The predicted molar refractivity (Wildman–Crippen MR) is 38.4 cm³/mol. The fourth-order valence-electron chi connectivity index (χ4n) is 0.239. The fraction of sp³-hybridized carbons (Fsp3) is 0.400. The monoisotopic (exact) mass is 196 g/mol. The molecule has 0 N–H and O–H groups in total. The van der Waals surface area contributed by atoms with Gasteiger partial charge in [0.15, 0.2) is 0 Å². The van der Waals surface area contributed by atoms with Crippen LogP contribution in [0.3, 0.4) is 0 Å². The lowest BCUT2D eigenvalue weighted by Crippen LogP contribution is -1.78. The van der Waals surface area contributed by atoms with Crippen LogP contribution in [-0.4, -0.2) is 10.6 Å². The molecule has 0 heterocycles. The van der Waals surface area contributed by atoms with Gasteiger partial charge in [0, 0.05) is 11.8 Å². The van der Waals surface area contributed by atoms with Crippen LogP contribution in [0.25, 0.3) is 0 Å². The van der Waals surface area contributed by atoms with Gasteiger partial charge in [0.25, 0.3) is 0 Å². The Morgan fingerprint density at radius 1 is 1.62 bits per heavy atom. The number of alkyl halides is 1. The lowest BCUT2D eigenvalue weighted by atomic mass is 10.4. The summed E-state index contributed by atoms with van der Waals surface area (Å²) in [6, 6.07) is 0. The zero-order valence-electron chi connectivity index (χ0n) is 4.23. The van der Waals surface area contributed by atoms with Gasteiger partial charge in [-0.05, 0) is 11.6 Å². The third-order valence-corrected chi connectivity index (χ3v) is 1.06. The Hall–Kier alpha value is 0.180. The molecule has 0 aromatic rings. The van der Waals surface area contributed by atoms with Crippen LogP contribution in [0.2, 0.25) is 0 Å². The van der Waals surface area contributed by atoms with Crippen LogP contribution in [0.15, 0.2) is 12.2 Å². The van der Waals surface area contributed by atoms with Gasteiger partial charge in [0.2, 0.25) is 5.24 Å². The molecule has 46 valence electrons. The lowest BCUT2D eigenvalue weighted by molar-refractivity contribution is -0.110. The summed E-state index contributed by atoms with van der Waals surface area (Å²) < 4.78 is 0. The summed E-state index contributed by atoms with van der Waals surface area (Å²) >= 11 is 8.17. The molecule has 0 atom stereocenters. The summed E-state index contributed by atoms with van der Waals surface area (Å²) in [5.74, 6) is 0. The molecular weight excluding hydrogens is 191 g/mol. The highest BCUT2D eigenvalue weighted by Gasteiger charge is 1.86. The Morgan fingerprint density at radius 2 is 2.25 bits per heavy atom. The molecule has 0 spiro atoms. The highest BCUT2D eigenvalue weighted by atomic mass is 79.9. The summed E-state index contributed by atoms with van der Waals surface area (Å²) in [7, 11) is 0. The number of halogens is 2. The summed E-state index contributed by atoms with van der Waals surface area (Å²) in [5.41, 5.74) is 0. The van der Waals surface area contributed by atoms with Gasteiger partial charge < -0.3 is 0 Å². The molecule has 8 heavy (non-hydrogen) atoms. The second kappa shape index (κ2) is 5.32. The molecule has 0 bridgehead atoms. The van der Waals surface area contributed by atoms with Gasteiger partial charge in [-0.25, -0.2) is 0 Å². The second-order valence-corrected chi connectivity index (χ2v) is 2.25. The van der Waals surface area contributed by atoms with Gasteiger partial charge >= 0.3 is 0 Å². The number of hydrogen-bond donors (Lipinski definition) is 0. The van der Waals surface area contributed by atoms with Gasteiger partial charge in [-0.3, -0.25) is 4.79 Å². The van der Waals surface area contributed by atoms with Gasteiger partial charge in [-0.2, -0.15) is 0 Å². The zero-order chi connectivity index (χ0) is 6.41. The van der Waals surface area contributed by atoms with Crippen molar-refractivity contribution in [2.75, 3.05) is 5.33 Å². The molecule has 0 aliphatic heterocycles. The van der Waals surface area contributed by atoms with Crippen LogP contribution in [0.5, 0.6) is 0 Å². The van der Waals surface area contributed by atoms with Crippen molar-refractivity contribution >= 4 is 32.8 Å². The minimum atomic E-state index is -0.317. The molecule has 0 radical (unpaired) electrons. The van der Waals surface area contributed by atoms with E-state index in [1.165, 1.54) is 0 Å². The highest BCUT2D eigenvalue weighted by Crippen LogP contribution is 1.90. The van der Waals surface area contributed by atoms with Crippen LogP contribution in [0.1, 0.15) is 6.42 Å². The standard InChI is InChI=1S/C5H6BrClO/c6-4-2-1-3-5(7)8/h1-2H,3-4H2. The first kappa shape index (κ1) is 8.18. The topological polar surface area (TPSA) is 17.1 Å². The van der Waals surface area contributed by atoms with Crippen molar-refractivity contribution in [1.29, 1.82) is 0 Å². The molecule has 3 heteroatoms. The van der Waals surface area contributed by atoms with Crippen molar-refractivity contribution in [3.63, 3.8) is 0 Å². The van der Waals surface area contributed by atoms with E-state index >= 15 is 0 Å². The average Bonchev–Trinajstić information content (AvgIpc) is 1.66. The quantitative estimate of drug-likeness (QED) is 0.385. The minimum absolute atomic E-state index is 0.317. The van der Waals surface area contributed by atoms with E-state index in [1.807, 2.05) is 6.08 Å². The van der Waals surface area contributed by atoms with Crippen molar-refractivity contribution in [1.82, 2.24) is 0 Å². The first-order valence-corrected chi connectivity index (χ1v) is 3.66. The normalized spacial score (nSPS) is 10.2. The number of rotatable bonds is 3. The third kappa shape index (κ3) is 6.18. The van der Waals surface area contributed by atoms with Crippen molar-refractivity contribution in [2.45, 2.75) is 6.42 Å². The SMILES string of the molecule is O=C(Cl)CC=CCBr. The van der Waals surface area contributed by atoms with E-state index in [0.29, 0.717) is 6.42 Å². The van der Waals surface area contributed by atoms with E-state index in [1.54, 1.807) is 6.08 Å². The lowest BCUT2D eigenvalue weighted by Gasteiger charge is -1.77. The molecule has 0 rings (SSSR count). The van der Waals surface area contributed by atoms with Crippen LogP contribution < -0.4 is 0 Å². The molecule has 1 nitrogen and oxygen atoms in total. The zero-order valence-corrected chi connectivity index (χ0v) is 6.58. The Bertz CT molecular complexity index is 101. The molecule has 0 unspecified atom stereocenters. The maximum Gasteiger partial charge on any atom is 0.225 e. The third-order valence-electron chi connectivity index (χ3n) is 0.534. The molecular formula is C5H6BrClO. The van der Waals surface area contributed by atoms with Crippen LogP contribution in [0, 0.1) is 0 Å². The van der Waals surface area contributed by atoms with Crippen LogP contribution in [-0.2, 0) is 4.79 Å².